The molecule has 0 spiro atoms. The third-order valence-electron chi connectivity index (χ3n) is 7.55. The molecule has 218 valence electrons. The number of anilines is 1. The number of amides is 2. The molecule has 1 unspecified atom stereocenters. The number of rotatable bonds is 11. The van der Waals surface area contributed by atoms with Crippen LogP contribution in [-0.2, 0) is 32.6 Å². The van der Waals surface area contributed by atoms with Gasteiger partial charge in [0, 0.05) is 19.0 Å². The predicted octanol–water partition coefficient (Wildman–Crippen LogP) is 4.91. The van der Waals surface area contributed by atoms with Gasteiger partial charge in [0.25, 0.3) is 0 Å². The van der Waals surface area contributed by atoms with E-state index in [0.717, 1.165) is 47.4 Å². The summed E-state index contributed by atoms with van der Waals surface area (Å²) >= 11 is 0. The maximum Gasteiger partial charge on any atom is 0.244 e. The monoisotopic (exact) mass is 579 g/mol. The largest absolute Gasteiger partial charge is 0.352 e. The summed E-state index contributed by atoms with van der Waals surface area (Å²) in [7, 11) is -3.85. The lowest BCUT2D eigenvalue weighted by Crippen LogP contribution is -2.54. The summed E-state index contributed by atoms with van der Waals surface area (Å²) in [4.78, 5) is 29.5. The van der Waals surface area contributed by atoms with E-state index in [1.54, 1.807) is 25.1 Å². The number of hydrogen-bond donors (Lipinski definition) is 1. The van der Waals surface area contributed by atoms with Gasteiger partial charge in [-0.15, -0.1) is 0 Å². The van der Waals surface area contributed by atoms with Crippen LogP contribution in [0.3, 0.4) is 0 Å². The third-order valence-corrected chi connectivity index (χ3v) is 8.68. The Morgan fingerprint density at radius 1 is 0.951 bits per heavy atom. The lowest BCUT2D eigenvalue weighted by Gasteiger charge is -2.34. The van der Waals surface area contributed by atoms with E-state index in [-0.39, 0.29) is 24.9 Å². The highest BCUT2D eigenvalue weighted by atomic mass is 32.2. The molecule has 0 aliphatic heterocycles. The van der Waals surface area contributed by atoms with Crippen LogP contribution in [0.5, 0.6) is 0 Å². The standard InChI is InChI=1S/C32H38FN3O4S/c1-23-13-14-24(2)29(19-23)36(41(3,39)40)22-31(37)35(21-26-15-17-27(33)18-16-26)30(20-25-9-5-4-6-10-25)32(38)34-28-11-7-8-12-28/h4-6,9-10,13-19,28,30H,7-8,11-12,20-22H2,1-3H3,(H,34,38). The average molecular weight is 580 g/mol. The molecule has 0 aromatic heterocycles. The van der Waals surface area contributed by atoms with Crippen molar-refractivity contribution in [3.63, 3.8) is 0 Å². The van der Waals surface area contributed by atoms with Gasteiger partial charge in [0.2, 0.25) is 21.8 Å². The molecule has 7 nitrogen and oxygen atoms in total. The molecule has 3 aromatic rings. The Bertz CT molecular complexity index is 1460. The summed E-state index contributed by atoms with van der Waals surface area (Å²) < 4.78 is 40.8. The van der Waals surface area contributed by atoms with E-state index >= 15 is 0 Å². The number of sulfonamides is 1. The normalized spacial score (nSPS) is 14.4. The summed E-state index contributed by atoms with van der Waals surface area (Å²) in [6, 6.07) is 19.7. The highest BCUT2D eigenvalue weighted by molar-refractivity contribution is 7.92. The zero-order valence-electron chi connectivity index (χ0n) is 23.8. The SMILES string of the molecule is Cc1ccc(C)c(N(CC(=O)N(Cc2ccc(F)cc2)C(Cc2ccccc2)C(=O)NC2CCCC2)S(C)(=O)=O)c1. The molecule has 3 aromatic carbocycles. The number of carbonyl (C=O) groups excluding carboxylic acids is 2. The van der Waals surface area contributed by atoms with Crippen LogP contribution >= 0.6 is 0 Å². The van der Waals surface area contributed by atoms with Crippen LogP contribution in [-0.4, -0.2) is 50.0 Å². The first kappa shape index (κ1) is 30.2. The fraction of sp³-hybridized carbons (Fsp3) is 0.375. The molecule has 0 bridgehead atoms. The summed E-state index contributed by atoms with van der Waals surface area (Å²) in [6.45, 7) is 3.18. The summed E-state index contributed by atoms with van der Waals surface area (Å²) in [5, 5.41) is 3.14. The second-order valence-electron chi connectivity index (χ2n) is 10.9. The molecule has 2 amide bonds. The van der Waals surface area contributed by atoms with Gasteiger partial charge in [-0.2, -0.15) is 0 Å². The minimum Gasteiger partial charge on any atom is -0.352 e. The number of aryl methyl sites for hydroxylation is 2. The first-order valence-electron chi connectivity index (χ1n) is 13.9. The van der Waals surface area contributed by atoms with Gasteiger partial charge < -0.3 is 10.2 Å². The van der Waals surface area contributed by atoms with Crippen molar-refractivity contribution >= 4 is 27.5 Å². The first-order chi connectivity index (χ1) is 19.5. The van der Waals surface area contributed by atoms with E-state index in [4.69, 9.17) is 0 Å². The molecule has 1 atom stereocenters. The molecule has 0 saturated heterocycles. The fourth-order valence-corrected chi connectivity index (χ4v) is 6.19. The lowest BCUT2D eigenvalue weighted by atomic mass is 10.0. The zero-order valence-corrected chi connectivity index (χ0v) is 24.7. The molecule has 1 aliphatic carbocycles. The Balaban J connectivity index is 1.74. The second-order valence-corrected chi connectivity index (χ2v) is 12.8. The predicted molar refractivity (Wildman–Crippen MR) is 159 cm³/mol. The van der Waals surface area contributed by atoms with Gasteiger partial charge >= 0.3 is 0 Å². The van der Waals surface area contributed by atoms with Gasteiger partial charge in [-0.25, -0.2) is 12.8 Å². The number of nitrogens with one attached hydrogen (secondary N) is 1. The van der Waals surface area contributed by atoms with Crippen molar-refractivity contribution in [1.29, 1.82) is 0 Å². The maximum absolute atomic E-state index is 14.2. The van der Waals surface area contributed by atoms with Crippen LogP contribution in [0.25, 0.3) is 0 Å². The van der Waals surface area contributed by atoms with Crippen molar-refractivity contribution in [2.45, 2.75) is 64.6 Å². The lowest BCUT2D eigenvalue weighted by molar-refractivity contribution is -0.140. The molecule has 4 rings (SSSR count). The molecule has 9 heteroatoms. The quantitative estimate of drug-likeness (QED) is 0.350. The highest BCUT2D eigenvalue weighted by Gasteiger charge is 2.34. The van der Waals surface area contributed by atoms with E-state index in [1.807, 2.05) is 49.4 Å². The molecule has 1 aliphatic rings. The van der Waals surface area contributed by atoms with Crippen molar-refractivity contribution in [2.24, 2.45) is 0 Å². The van der Waals surface area contributed by atoms with Gasteiger partial charge in [0.05, 0.1) is 11.9 Å². The Kier molecular flexibility index (Phi) is 9.81. The molecule has 41 heavy (non-hydrogen) atoms. The van der Waals surface area contributed by atoms with Crippen molar-refractivity contribution in [3.05, 3.63) is 101 Å². The number of carbonyl (C=O) groups is 2. The Hall–Kier alpha value is -3.72. The average Bonchev–Trinajstić information content (AvgIpc) is 3.44. The van der Waals surface area contributed by atoms with E-state index in [9.17, 15) is 22.4 Å². The summed E-state index contributed by atoms with van der Waals surface area (Å²) in [5.74, 6) is -1.22. The van der Waals surface area contributed by atoms with Gasteiger partial charge in [-0.3, -0.25) is 13.9 Å². The number of halogens is 1. The van der Waals surface area contributed by atoms with Crippen LogP contribution < -0.4 is 9.62 Å². The minimum atomic E-state index is -3.85. The summed E-state index contributed by atoms with van der Waals surface area (Å²) in [6.07, 6.45) is 5.14. The van der Waals surface area contributed by atoms with Crippen LogP contribution in [0, 0.1) is 19.7 Å². The zero-order chi connectivity index (χ0) is 29.6. The van der Waals surface area contributed by atoms with Crippen molar-refractivity contribution in [1.82, 2.24) is 10.2 Å². The fourth-order valence-electron chi connectivity index (χ4n) is 5.29. The van der Waals surface area contributed by atoms with E-state index in [1.165, 1.54) is 17.0 Å². The maximum atomic E-state index is 14.2. The smallest absolute Gasteiger partial charge is 0.244 e. The summed E-state index contributed by atoms with van der Waals surface area (Å²) in [5.41, 5.74) is 3.47. The van der Waals surface area contributed by atoms with Crippen molar-refractivity contribution < 1.29 is 22.4 Å². The molecule has 0 radical (unpaired) electrons. The van der Waals surface area contributed by atoms with Crippen LogP contribution in [0.1, 0.15) is 47.9 Å². The molecule has 1 N–H and O–H groups in total. The number of benzene rings is 3. The van der Waals surface area contributed by atoms with Gasteiger partial charge in [0.1, 0.15) is 18.4 Å². The Morgan fingerprint density at radius 2 is 1.61 bits per heavy atom. The van der Waals surface area contributed by atoms with Crippen LogP contribution in [0.4, 0.5) is 10.1 Å². The first-order valence-corrected chi connectivity index (χ1v) is 15.8. The highest BCUT2D eigenvalue weighted by Crippen LogP contribution is 2.25. The molecule has 0 heterocycles. The molecule has 1 saturated carbocycles. The van der Waals surface area contributed by atoms with Gasteiger partial charge in [-0.05, 0) is 67.1 Å². The third kappa shape index (κ3) is 8.16. The molecular weight excluding hydrogens is 541 g/mol. The Labute approximate surface area is 242 Å². The number of nitrogens with zero attached hydrogens (tertiary/aromatic N) is 2. The van der Waals surface area contributed by atoms with E-state index in [2.05, 4.69) is 5.32 Å². The second kappa shape index (κ2) is 13.3. The van der Waals surface area contributed by atoms with Crippen LogP contribution in [0.15, 0.2) is 72.8 Å². The van der Waals surface area contributed by atoms with Crippen LogP contribution in [0.2, 0.25) is 0 Å². The van der Waals surface area contributed by atoms with E-state index in [0.29, 0.717) is 16.8 Å². The Morgan fingerprint density at radius 3 is 2.24 bits per heavy atom. The van der Waals surface area contributed by atoms with Gasteiger partial charge in [0.15, 0.2) is 0 Å². The minimum absolute atomic E-state index is 0.0130. The topological polar surface area (TPSA) is 86.8 Å². The van der Waals surface area contributed by atoms with Gasteiger partial charge in [-0.1, -0.05) is 67.4 Å². The van der Waals surface area contributed by atoms with Crippen molar-refractivity contribution in [2.75, 3.05) is 17.1 Å². The molecular formula is C32H38FN3O4S. The number of hydrogen-bond acceptors (Lipinski definition) is 4. The molecule has 1 fully saturated rings. The van der Waals surface area contributed by atoms with Crippen molar-refractivity contribution in [3.8, 4) is 0 Å². The van der Waals surface area contributed by atoms with E-state index < -0.39 is 34.3 Å².